The average Bonchev–Trinajstić information content (AvgIpc) is 3.89. The number of para-hydroxylation sites is 4. The van der Waals surface area contributed by atoms with Crippen molar-refractivity contribution in [3.05, 3.63) is 249 Å². The van der Waals surface area contributed by atoms with Crippen molar-refractivity contribution < 1.29 is 0 Å². The van der Waals surface area contributed by atoms with Gasteiger partial charge in [0.2, 0.25) is 0 Å². The molecule has 0 atom stereocenters. The molecular weight excluding hydrogens is 777 g/mol. The molecule has 0 amide bonds. The van der Waals surface area contributed by atoms with E-state index in [-0.39, 0.29) is 0 Å². The highest BCUT2D eigenvalue weighted by Crippen LogP contribution is 2.48. The summed E-state index contributed by atoms with van der Waals surface area (Å²) in [6.45, 7) is 0. The highest BCUT2D eigenvalue weighted by atomic mass is 15.5. The Bertz CT molecular complexity index is 3610. The molecule has 0 spiro atoms. The van der Waals surface area contributed by atoms with Crippen LogP contribution < -0.4 is 10.4 Å². The van der Waals surface area contributed by atoms with Crippen LogP contribution in [0, 0.1) is 0 Å². The molecule has 64 heavy (non-hydrogen) atoms. The van der Waals surface area contributed by atoms with Gasteiger partial charge in [0.1, 0.15) is 0 Å². The summed E-state index contributed by atoms with van der Waals surface area (Å²) >= 11 is 0. The minimum atomic E-state index is 0.975. The fourth-order valence-electron chi connectivity index (χ4n) is 9.68. The Kier molecular flexibility index (Phi) is 9.12. The monoisotopic (exact) mass is 818 g/mol. The predicted molar refractivity (Wildman–Crippen MR) is 270 cm³/mol. The van der Waals surface area contributed by atoms with Gasteiger partial charge >= 0.3 is 0 Å². The molecule has 12 rings (SSSR count). The molecule has 0 saturated carbocycles. The highest BCUT2D eigenvalue weighted by Gasteiger charge is 2.24. The number of anilines is 3. The summed E-state index contributed by atoms with van der Waals surface area (Å²) in [7, 11) is 0. The second kappa shape index (κ2) is 15.7. The van der Waals surface area contributed by atoms with Gasteiger partial charge in [-0.05, 0) is 107 Å². The second-order valence-electron chi connectivity index (χ2n) is 16.2. The maximum absolute atomic E-state index is 4.03. The Hall–Kier alpha value is -8.60. The van der Waals surface area contributed by atoms with Crippen molar-refractivity contribution in [2.24, 2.45) is 0 Å². The molecular formula is C60H42N4. The van der Waals surface area contributed by atoms with Gasteiger partial charge in [0.05, 0.1) is 39.1 Å². The maximum atomic E-state index is 4.03. The number of fused-ring (bicyclic) bond motifs is 6. The van der Waals surface area contributed by atoms with Crippen LogP contribution in [0.5, 0.6) is 0 Å². The van der Waals surface area contributed by atoms with Gasteiger partial charge in [0, 0.05) is 38.5 Å². The van der Waals surface area contributed by atoms with Crippen LogP contribution in [0.15, 0.2) is 249 Å². The van der Waals surface area contributed by atoms with E-state index in [2.05, 4.69) is 268 Å². The lowest BCUT2D eigenvalue weighted by Gasteiger charge is -2.31. The number of hydrogen-bond acceptors (Lipinski definition) is 2. The molecule has 0 aliphatic rings. The SMILES string of the molecule is c1ccc(-c2ccc(N(Nc3ccc4c(c3)c3ccccc3n4-c3ccccc3)c3ccc4c(c3)c3ccccc3n4-c3ccccc3)c(-c3ccccc3)c2-c2ccccc2)cc1. The quantitative estimate of drug-likeness (QED) is 0.147. The van der Waals surface area contributed by atoms with Gasteiger partial charge in [0.25, 0.3) is 0 Å². The van der Waals surface area contributed by atoms with E-state index in [1.807, 2.05) is 0 Å². The summed E-state index contributed by atoms with van der Waals surface area (Å²) in [5.41, 5.74) is 20.9. The molecule has 0 bridgehead atoms. The molecule has 4 nitrogen and oxygen atoms in total. The van der Waals surface area contributed by atoms with Gasteiger partial charge in [-0.3, -0.25) is 10.4 Å². The van der Waals surface area contributed by atoms with Crippen LogP contribution in [0.1, 0.15) is 0 Å². The summed E-state index contributed by atoms with van der Waals surface area (Å²) in [5.74, 6) is 0. The van der Waals surface area contributed by atoms with Crippen LogP contribution in [-0.4, -0.2) is 9.13 Å². The topological polar surface area (TPSA) is 25.1 Å². The third-order valence-corrected chi connectivity index (χ3v) is 12.5. The molecule has 0 fully saturated rings. The van der Waals surface area contributed by atoms with Gasteiger partial charge in [-0.25, -0.2) is 0 Å². The van der Waals surface area contributed by atoms with E-state index in [0.717, 1.165) is 56.2 Å². The highest BCUT2D eigenvalue weighted by molar-refractivity contribution is 6.12. The minimum absolute atomic E-state index is 0.975. The zero-order valence-corrected chi connectivity index (χ0v) is 35.0. The Balaban J connectivity index is 1.13. The van der Waals surface area contributed by atoms with Gasteiger partial charge in [-0.1, -0.05) is 170 Å². The first kappa shape index (κ1) is 37.2. The van der Waals surface area contributed by atoms with Crippen LogP contribution in [0.3, 0.4) is 0 Å². The lowest BCUT2D eigenvalue weighted by atomic mass is 9.86. The lowest BCUT2D eigenvalue weighted by molar-refractivity contribution is 1.16. The van der Waals surface area contributed by atoms with Crippen LogP contribution >= 0.6 is 0 Å². The van der Waals surface area contributed by atoms with Crippen LogP contribution in [-0.2, 0) is 0 Å². The van der Waals surface area contributed by atoms with Gasteiger partial charge in [0.15, 0.2) is 0 Å². The molecule has 0 aliphatic heterocycles. The third kappa shape index (κ3) is 6.31. The molecule has 2 aromatic heterocycles. The first-order valence-electron chi connectivity index (χ1n) is 21.9. The average molecular weight is 819 g/mol. The van der Waals surface area contributed by atoms with Crippen molar-refractivity contribution in [1.29, 1.82) is 0 Å². The smallest absolute Gasteiger partial charge is 0.0715 e. The maximum Gasteiger partial charge on any atom is 0.0715 e. The summed E-state index contributed by atoms with van der Waals surface area (Å²) < 4.78 is 4.74. The zero-order chi connectivity index (χ0) is 42.4. The van der Waals surface area contributed by atoms with Crippen molar-refractivity contribution in [1.82, 2.24) is 9.13 Å². The van der Waals surface area contributed by atoms with Crippen molar-refractivity contribution >= 4 is 60.7 Å². The minimum Gasteiger partial charge on any atom is -0.309 e. The summed E-state index contributed by atoms with van der Waals surface area (Å²) in [6.07, 6.45) is 0. The Labute approximate surface area is 372 Å². The number of hydrazine groups is 1. The van der Waals surface area contributed by atoms with Crippen molar-refractivity contribution in [3.63, 3.8) is 0 Å². The van der Waals surface area contributed by atoms with Gasteiger partial charge in [-0.15, -0.1) is 0 Å². The molecule has 10 aromatic carbocycles. The van der Waals surface area contributed by atoms with E-state index < -0.39 is 0 Å². The number of nitrogens with zero attached hydrogens (tertiary/aromatic N) is 3. The van der Waals surface area contributed by atoms with Crippen LogP contribution in [0.25, 0.3) is 88.4 Å². The van der Waals surface area contributed by atoms with E-state index in [4.69, 9.17) is 0 Å². The third-order valence-electron chi connectivity index (χ3n) is 12.5. The number of nitrogens with one attached hydrogen (secondary N) is 1. The van der Waals surface area contributed by atoms with Crippen molar-refractivity contribution in [3.8, 4) is 44.8 Å². The number of rotatable bonds is 9. The molecule has 0 radical (unpaired) electrons. The normalized spacial score (nSPS) is 11.4. The van der Waals surface area contributed by atoms with E-state index >= 15 is 0 Å². The largest absolute Gasteiger partial charge is 0.309 e. The lowest BCUT2D eigenvalue weighted by Crippen LogP contribution is -2.25. The van der Waals surface area contributed by atoms with E-state index in [1.54, 1.807) is 0 Å². The second-order valence-corrected chi connectivity index (χ2v) is 16.2. The fourth-order valence-corrected chi connectivity index (χ4v) is 9.68. The van der Waals surface area contributed by atoms with Gasteiger partial charge < -0.3 is 9.13 Å². The number of benzene rings is 10. The first-order chi connectivity index (χ1) is 31.8. The van der Waals surface area contributed by atoms with Crippen LogP contribution in [0.4, 0.5) is 17.1 Å². The predicted octanol–water partition coefficient (Wildman–Crippen LogP) is 16.0. The molecule has 4 heteroatoms. The molecule has 302 valence electrons. The van der Waals surface area contributed by atoms with Crippen LogP contribution in [0.2, 0.25) is 0 Å². The number of aromatic nitrogens is 2. The number of hydrogen-bond donors (Lipinski definition) is 1. The van der Waals surface area contributed by atoms with Gasteiger partial charge in [-0.2, -0.15) is 0 Å². The summed E-state index contributed by atoms with van der Waals surface area (Å²) in [4.78, 5) is 0. The molecule has 1 N–H and O–H groups in total. The molecule has 12 aromatic rings. The first-order valence-corrected chi connectivity index (χ1v) is 21.9. The zero-order valence-electron chi connectivity index (χ0n) is 35.0. The van der Waals surface area contributed by atoms with Crippen molar-refractivity contribution in [2.45, 2.75) is 0 Å². The van der Waals surface area contributed by atoms with Crippen molar-refractivity contribution in [2.75, 3.05) is 10.4 Å². The summed E-state index contributed by atoms with van der Waals surface area (Å²) in [6, 6.07) is 89.5. The Morgan fingerprint density at radius 3 is 1.31 bits per heavy atom. The molecule has 2 heterocycles. The Morgan fingerprint density at radius 2 is 0.750 bits per heavy atom. The molecule has 0 saturated heterocycles. The van der Waals surface area contributed by atoms with E-state index in [0.29, 0.717) is 0 Å². The summed E-state index contributed by atoms with van der Waals surface area (Å²) in [5, 5.41) is 7.06. The standard InChI is InChI=1S/C60H42N4/c1-6-20-42(21-7-1)49-36-39-58(60(44-24-10-3-11-25-44)59(49)43-22-8-2-9-23-43)64(48-35-38-57-53(41-48)51-31-17-19-33-55(51)63(57)47-28-14-5-15-29-47)61-45-34-37-56-52(40-45)50-30-16-18-32-54(50)62(56)46-26-12-4-13-27-46/h1-41,61H. The molecule has 0 aliphatic carbocycles. The van der Waals surface area contributed by atoms with E-state index in [1.165, 1.54) is 49.3 Å². The fraction of sp³-hybridized carbons (Fsp3) is 0. The van der Waals surface area contributed by atoms with E-state index in [9.17, 15) is 0 Å². The Morgan fingerprint density at radius 1 is 0.312 bits per heavy atom. The molecule has 0 unspecified atom stereocenters.